The molecule has 0 aromatic heterocycles. The van der Waals surface area contributed by atoms with E-state index in [1.54, 1.807) is 6.07 Å². The van der Waals surface area contributed by atoms with Crippen molar-refractivity contribution in [3.63, 3.8) is 0 Å². The number of rotatable bonds is 12. The molecule has 0 heterocycles. The van der Waals surface area contributed by atoms with Gasteiger partial charge in [0.05, 0.1) is 6.61 Å². The lowest BCUT2D eigenvalue weighted by molar-refractivity contribution is -0.138. The van der Waals surface area contributed by atoms with E-state index in [0.717, 1.165) is 62.1 Å². The molecular formula is C21H29ClO4. The Labute approximate surface area is 161 Å². The second-order valence-corrected chi connectivity index (χ2v) is 6.80. The fourth-order valence-electron chi connectivity index (χ4n) is 2.45. The average Bonchev–Trinajstić information content (AvgIpc) is 2.62. The van der Waals surface area contributed by atoms with E-state index >= 15 is 0 Å². The predicted octanol–water partition coefficient (Wildman–Crippen LogP) is 5.39. The number of ether oxygens (including phenoxy) is 2. The largest absolute Gasteiger partial charge is 0.463 e. The molecule has 0 radical (unpaired) electrons. The monoisotopic (exact) mass is 380 g/mol. The van der Waals surface area contributed by atoms with E-state index in [1.807, 2.05) is 32.0 Å². The van der Waals surface area contributed by atoms with Gasteiger partial charge in [-0.15, -0.1) is 11.6 Å². The Hall–Kier alpha value is -1.81. The smallest absolute Gasteiger partial charge is 0.336 e. The van der Waals surface area contributed by atoms with Gasteiger partial charge in [0, 0.05) is 18.0 Å². The maximum absolute atomic E-state index is 11.9. The quantitative estimate of drug-likeness (QED) is 0.160. The molecule has 0 unspecified atom stereocenters. The lowest BCUT2D eigenvalue weighted by Gasteiger charge is -2.11. The van der Waals surface area contributed by atoms with Crippen LogP contribution in [0.25, 0.3) is 0 Å². The molecule has 0 bridgehead atoms. The SMILES string of the molecule is CC(C)c1ccccc1OC(=O)/C=C/C(=O)OCCCCCCCCCl. The van der Waals surface area contributed by atoms with E-state index in [0.29, 0.717) is 12.4 Å². The Kier molecular flexibility index (Phi) is 11.5. The number of benzene rings is 1. The molecule has 0 amide bonds. The van der Waals surface area contributed by atoms with E-state index in [9.17, 15) is 9.59 Å². The summed E-state index contributed by atoms with van der Waals surface area (Å²) in [6.07, 6.45) is 8.54. The molecule has 0 aliphatic rings. The van der Waals surface area contributed by atoms with Crippen LogP contribution in [0.5, 0.6) is 5.75 Å². The van der Waals surface area contributed by atoms with Gasteiger partial charge >= 0.3 is 11.9 Å². The fourth-order valence-corrected chi connectivity index (χ4v) is 2.64. The molecule has 1 rings (SSSR count). The first-order valence-corrected chi connectivity index (χ1v) is 9.79. The molecular weight excluding hydrogens is 352 g/mol. The molecule has 5 heteroatoms. The van der Waals surface area contributed by atoms with Crippen molar-refractivity contribution in [1.29, 1.82) is 0 Å². The topological polar surface area (TPSA) is 52.6 Å². The Bertz CT molecular complexity index is 581. The van der Waals surface area contributed by atoms with Crippen molar-refractivity contribution >= 4 is 23.5 Å². The first-order chi connectivity index (χ1) is 12.5. The number of alkyl halides is 1. The third-order valence-electron chi connectivity index (χ3n) is 3.88. The number of carbonyl (C=O) groups is 2. The van der Waals surface area contributed by atoms with Crippen molar-refractivity contribution in [3.8, 4) is 5.75 Å². The Morgan fingerprint density at radius 1 is 0.962 bits per heavy atom. The van der Waals surface area contributed by atoms with Gasteiger partial charge < -0.3 is 9.47 Å². The number of hydrogen-bond acceptors (Lipinski definition) is 4. The number of unbranched alkanes of at least 4 members (excludes halogenated alkanes) is 5. The number of hydrogen-bond donors (Lipinski definition) is 0. The highest BCUT2D eigenvalue weighted by Gasteiger charge is 2.10. The van der Waals surface area contributed by atoms with Crippen LogP contribution in [0.4, 0.5) is 0 Å². The van der Waals surface area contributed by atoms with Crippen LogP contribution in [-0.4, -0.2) is 24.4 Å². The van der Waals surface area contributed by atoms with Crippen molar-refractivity contribution in [2.75, 3.05) is 12.5 Å². The summed E-state index contributed by atoms with van der Waals surface area (Å²) in [5.74, 6) is 0.355. The van der Waals surface area contributed by atoms with Crippen LogP contribution in [0, 0.1) is 0 Å². The lowest BCUT2D eigenvalue weighted by atomic mass is 10.0. The third kappa shape index (κ3) is 9.62. The highest BCUT2D eigenvalue weighted by atomic mass is 35.5. The molecule has 0 aliphatic carbocycles. The molecule has 26 heavy (non-hydrogen) atoms. The minimum Gasteiger partial charge on any atom is -0.463 e. The van der Waals surface area contributed by atoms with Crippen LogP contribution in [0.15, 0.2) is 36.4 Å². The molecule has 144 valence electrons. The van der Waals surface area contributed by atoms with E-state index < -0.39 is 11.9 Å². The second-order valence-electron chi connectivity index (χ2n) is 6.42. The van der Waals surface area contributed by atoms with E-state index in [2.05, 4.69) is 0 Å². The van der Waals surface area contributed by atoms with Crippen LogP contribution in [-0.2, 0) is 14.3 Å². The Morgan fingerprint density at radius 2 is 1.58 bits per heavy atom. The number of carbonyl (C=O) groups excluding carboxylic acids is 2. The summed E-state index contributed by atoms with van der Waals surface area (Å²) in [6.45, 7) is 4.42. The van der Waals surface area contributed by atoms with Gasteiger partial charge in [-0.05, 0) is 30.4 Å². The van der Waals surface area contributed by atoms with Gasteiger partial charge in [0.15, 0.2) is 0 Å². The molecule has 0 atom stereocenters. The van der Waals surface area contributed by atoms with Gasteiger partial charge in [0.2, 0.25) is 0 Å². The lowest BCUT2D eigenvalue weighted by Crippen LogP contribution is -2.08. The number of halogens is 1. The molecule has 0 aliphatic heterocycles. The van der Waals surface area contributed by atoms with Crippen molar-refractivity contribution < 1.29 is 19.1 Å². The zero-order chi connectivity index (χ0) is 19.2. The molecule has 0 spiro atoms. The van der Waals surface area contributed by atoms with Gasteiger partial charge in [0.25, 0.3) is 0 Å². The van der Waals surface area contributed by atoms with Crippen LogP contribution in [0.2, 0.25) is 0 Å². The first-order valence-electron chi connectivity index (χ1n) is 9.26. The van der Waals surface area contributed by atoms with Gasteiger partial charge in [-0.2, -0.15) is 0 Å². The van der Waals surface area contributed by atoms with Crippen LogP contribution < -0.4 is 4.74 Å². The predicted molar refractivity (Wildman–Crippen MR) is 105 cm³/mol. The molecule has 4 nitrogen and oxygen atoms in total. The minimum atomic E-state index is -0.589. The summed E-state index contributed by atoms with van der Waals surface area (Å²) < 4.78 is 10.4. The summed E-state index contributed by atoms with van der Waals surface area (Å²) in [4.78, 5) is 23.5. The second kappa shape index (κ2) is 13.4. The van der Waals surface area contributed by atoms with Crippen molar-refractivity contribution in [3.05, 3.63) is 42.0 Å². The van der Waals surface area contributed by atoms with Crippen LogP contribution in [0.1, 0.15) is 63.9 Å². The maximum Gasteiger partial charge on any atom is 0.336 e. The molecule has 0 N–H and O–H groups in total. The maximum atomic E-state index is 11.9. The van der Waals surface area contributed by atoms with Crippen molar-refractivity contribution in [2.45, 2.75) is 58.3 Å². The van der Waals surface area contributed by atoms with Gasteiger partial charge in [0.1, 0.15) is 5.75 Å². The zero-order valence-electron chi connectivity index (χ0n) is 15.7. The number of para-hydroxylation sites is 1. The van der Waals surface area contributed by atoms with Crippen LogP contribution >= 0.6 is 11.6 Å². The fraction of sp³-hybridized carbons (Fsp3) is 0.524. The highest BCUT2D eigenvalue weighted by molar-refractivity contribution is 6.17. The Morgan fingerprint density at radius 3 is 2.27 bits per heavy atom. The summed E-state index contributed by atoms with van der Waals surface area (Å²) in [7, 11) is 0. The first kappa shape index (κ1) is 22.2. The normalized spacial score (nSPS) is 11.1. The standard InChI is InChI=1S/C21H29ClO4/c1-17(2)18-11-7-8-12-19(18)26-21(24)14-13-20(23)25-16-10-6-4-3-5-9-15-22/h7-8,11-14,17H,3-6,9-10,15-16H2,1-2H3/b14-13+. The van der Waals surface area contributed by atoms with E-state index in [4.69, 9.17) is 21.1 Å². The summed E-state index contributed by atoms with van der Waals surface area (Å²) in [5.41, 5.74) is 0.947. The van der Waals surface area contributed by atoms with E-state index in [1.165, 1.54) is 0 Å². The summed E-state index contributed by atoms with van der Waals surface area (Å²) in [6, 6.07) is 7.37. The molecule has 1 aromatic rings. The molecule has 0 saturated heterocycles. The van der Waals surface area contributed by atoms with Gasteiger partial charge in [-0.1, -0.05) is 57.7 Å². The van der Waals surface area contributed by atoms with Crippen molar-refractivity contribution in [2.24, 2.45) is 0 Å². The molecule has 0 saturated carbocycles. The summed E-state index contributed by atoms with van der Waals surface area (Å²) in [5, 5.41) is 0. The van der Waals surface area contributed by atoms with Gasteiger partial charge in [-0.3, -0.25) is 0 Å². The zero-order valence-corrected chi connectivity index (χ0v) is 16.5. The van der Waals surface area contributed by atoms with E-state index in [-0.39, 0.29) is 5.92 Å². The average molecular weight is 381 g/mol. The third-order valence-corrected chi connectivity index (χ3v) is 4.15. The highest BCUT2D eigenvalue weighted by Crippen LogP contribution is 2.25. The molecule has 1 aromatic carbocycles. The van der Waals surface area contributed by atoms with Gasteiger partial charge in [-0.25, -0.2) is 9.59 Å². The summed E-state index contributed by atoms with van der Waals surface area (Å²) >= 11 is 5.62. The number of esters is 2. The Balaban J connectivity index is 2.26. The minimum absolute atomic E-state index is 0.239. The van der Waals surface area contributed by atoms with Crippen LogP contribution in [0.3, 0.4) is 0 Å². The van der Waals surface area contributed by atoms with Crippen molar-refractivity contribution in [1.82, 2.24) is 0 Å². The molecule has 0 fully saturated rings.